The largest absolute Gasteiger partial charge is 0.488 e. The molecule has 0 saturated carbocycles. The molecule has 0 saturated heterocycles. The zero-order chi connectivity index (χ0) is 18.2. The Morgan fingerprint density at radius 1 is 1.42 bits per heavy atom. The summed E-state index contributed by atoms with van der Waals surface area (Å²) in [6.07, 6.45) is 3.39. The van der Waals surface area contributed by atoms with E-state index in [-0.39, 0.29) is 12.5 Å². The SMILES string of the molecule is COC(C)(C)C(=O)N[C@@H](CCCN)C(O)COc1cnc(C)nc1. The summed E-state index contributed by atoms with van der Waals surface area (Å²) in [5.74, 6) is 0.795. The Morgan fingerprint density at radius 2 is 2.04 bits per heavy atom. The van der Waals surface area contributed by atoms with E-state index in [1.54, 1.807) is 20.8 Å². The second-order valence-electron chi connectivity index (χ2n) is 6.07. The van der Waals surface area contributed by atoms with Crippen molar-refractivity contribution in [2.75, 3.05) is 20.3 Å². The van der Waals surface area contributed by atoms with Crippen molar-refractivity contribution in [3.63, 3.8) is 0 Å². The van der Waals surface area contributed by atoms with E-state index in [1.165, 1.54) is 19.5 Å². The van der Waals surface area contributed by atoms with Gasteiger partial charge in [-0.05, 0) is 40.2 Å². The standard InChI is InChI=1S/C16H28N4O4/c1-11-18-8-12(9-19-11)24-10-14(21)13(6-5-7-17)20-15(22)16(2,3)23-4/h8-9,13-14,21H,5-7,10,17H2,1-4H3,(H,20,22)/t13-,14?/m0/s1. The molecule has 0 fully saturated rings. The summed E-state index contributed by atoms with van der Waals surface area (Å²) in [6.45, 7) is 5.58. The van der Waals surface area contributed by atoms with Crippen LogP contribution in [0.1, 0.15) is 32.5 Å². The van der Waals surface area contributed by atoms with Gasteiger partial charge in [-0.25, -0.2) is 9.97 Å². The second-order valence-corrected chi connectivity index (χ2v) is 6.07. The summed E-state index contributed by atoms with van der Waals surface area (Å²) in [5.41, 5.74) is 4.55. The van der Waals surface area contributed by atoms with Gasteiger partial charge in [-0.2, -0.15) is 0 Å². The van der Waals surface area contributed by atoms with Crippen LogP contribution in [-0.4, -0.2) is 59.0 Å². The number of aliphatic hydroxyl groups is 1. The molecule has 1 rings (SSSR count). The molecule has 1 heterocycles. The molecule has 0 aliphatic heterocycles. The van der Waals surface area contributed by atoms with Crippen molar-refractivity contribution in [1.29, 1.82) is 0 Å². The van der Waals surface area contributed by atoms with Crippen LogP contribution in [0.3, 0.4) is 0 Å². The maximum absolute atomic E-state index is 12.2. The topological polar surface area (TPSA) is 120 Å². The fourth-order valence-electron chi connectivity index (χ4n) is 1.89. The molecule has 0 radical (unpaired) electrons. The van der Waals surface area contributed by atoms with Gasteiger partial charge in [0.05, 0.1) is 18.4 Å². The number of carbonyl (C=O) groups is 1. The van der Waals surface area contributed by atoms with Gasteiger partial charge in [-0.3, -0.25) is 4.79 Å². The fourth-order valence-corrected chi connectivity index (χ4v) is 1.89. The van der Waals surface area contributed by atoms with Crippen LogP contribution >= 0.6 is 0 Å². The van der Waals surface area contributed by atoms with Crippen LogP contribution < -0.4 is 15.8 Å². The number of amides is 1. The zero-order valence-corrected chi connectivity index (χ0v) is 14.8. The van der Waals surface area contributed by atoms with Crippen molar-refractivity contribution in [3.8, 4) is 5.75 Å². The molecule has 8 heteroatoms. The first-order valence-electron chi connectivity index (χ1n) is 7.96. The predicted octanol–water partition coefficient (Wildman–Crippen LogP) is 0.173. The van der Waals surface area contributed by atoms with Crippen molar-refractivity contribution >= 4 is 5.91 Å². The maximum atomic E-state index is 12.2. The first kappa shape index (κ1) is 20.3. The molecular weight excluding hydrogens is 312 g/mol. The number of methoxy groups -OCH3 is 1. The van der Waals surface area contributed by atoms with Crippen LogP contribution in [0, 0.1) is 6.92 Å². The number of rotatable bonds is 10. The lowest BCUT2D eigenvalue weighted by molar-refractivity contribution is -0.141. The fraction of sp³-hybridized carbons (Fsp3) is 0.688. The van der Waals surface area contributed by atoms with Gasteiger partial charge in [0.15, 0.2) is 5.75 Å². The van der Waals surface area contributed by atoms with E-state index in [0.717, 1.165) is 0 Å². The quantitative estimate of drug-likeness (QED) is 0.555. The lowest BCUT2D eigenvalue weighted by Gasteiger charge is -2.29. The Bertz CT molecular complexity index is 507. The van der Waals surface area contributed by atoms with Gasteiger partial charge in [0.1, 0.15) is 24.1 Å². The third kappa shape index (κ3) is 6.38. The first-order chi connectivity index (χ1) is 11.3. The molecule has 1 amide bonds. The number of hydrogen-bond donors (Lipinski definition) is 3. The van der Waals surface area contributed by atoms with Gasteiger partial charge in [0, 0.05) is 7.11 Å². The lowest BCUT2D eigenvalue weighted by atomic mass is 10.0. The van der Waals surface area contributed by atoms with E-state index < -0.39 is 17.7 Å². The highest BCUT2D eigenvalue weighted by Crippen LogP contribution is 2.12. The minimum Gasteiger partial charge on any atom is -0.488 e. The molecular formula is C16H28N4O4. The number of aliphatic hydroxyl groups excluding tert-OH is 1. The van der Waals surface area contributed by atoms with Crippen LogP contribution in [0.4, 0.5) is 0 Å². The summed E-state index contributed by atoms with van der Waals surface area (Å²) >= 11 is 0. The van der Waals surface area contributed by atoms with Crippen molar-refractivity contribution in [3.05, 3.63) is 18.2 Å². The molecule has 0 bridgehead atoms. The molecule has 1 unspecified atom stereocenters. The third-order valence-corrected chi connectivity index (χ3v) is 3.74. The molecule has 136 valence electrons. The summed E-state index contributed by atoms with van der Waals surface area (Å²) in [7, 11) is 1.46. The first-order valence-corrected chi connectivity index (χ1v) is 7.96. The number of carbonyl (C=O) groups excluding carboxylic acids is 1. The van der Waals surface area contributed by atoms with Crippen molar-refractivity contribution < 1.29 is 19.4 Å². The highest BCUT2D eigenvalue weighted by molar-refractivity contribution is 5.84. The summed E-state index contributed by atoms with van der Waals surface area (Å²) < 4.78 is 10.6. The van der Waals surface area contributed by atoms with Gasteiger partial charge in [-0.15, -0.1) is 0 Å². The van der Waals surface area contributed by atoms with E-state index in [2.05, 4.69) is 15.3 Å². The van der Waals surface area contributed by atoms with Crippen LogP contribution in [0.25, 0.3) is 0 Å². The number of aromatic nitrogens is 2. The molecule has 4 N–H and O–H groups in total. The van der Waals surface area contributed by atoms with E-state index >= 15 is 0 Å². The highest BCUT2D eigenvalue weighted by atomic mass is 16.5. The molecule has 2 atom stereocenters. The average Bonchev–Trinajstić information content (AvgIpc) is 2.57. The average molecular weight is 340 g/mol. The van der Waals surface area contributed by atoms with Gasteiger partial charge in [0.2, 0.25) is 0 Å². The number of nitrogens with two attached hydrogens (primary N) is 1. The van der Waals surface area contributed by atoms with Crippen LogP contribution in [0.5, 0.6) is 5.75 Å². The van der Waals surface area contributed by atoms with E-state index in [1.807, 2.05) is 0 Å². The molecule has 24 heavy (non-hydrogen) atoms. The summed E-state index contributed by atoms with van der Waals surface area (Å²) in [5, 5.41) is 13.2. The minimum absolute atomic E-state index is 0.00928. The number of hydrogen-bond acceptors (Lipinski definition) is 7. The molecule has 0 aliphatic rings. The zero-order valence-electron chi connectivity index (χ0n) is 14.8. The Labute approximate surface area is 142 Å². The number of nitrogens with one attached hydrogen (secondary N) is 1. The van der Waals surface area contributed by atoms with Gasteiger partial charge < -0.3 is 25.6 Å². The van der Waals surface area contributed by atoms with Crippen molar-refractivity contribution in [2.24, 2.45) is 5.73 Å². The Morgan fingerprint density at radius 3 is 2.58 bits per heavy atom. The highest BCUT2D eigenvalue weighted by Gasteiger charge is 2.31. The van der Waals surface area contributed by atoms with E-state index in [4.69, 9.17) is 15.2 Å². The Hall–Kier alpha value is -1.77. The monoisotopic (exact) mass is 340 g/mol. The molecule has 8 nitrogen and oxygen atoms in total. The second kappa shape index (κ2) is 9.51. The normalized spacial score (nSPS) is 14.1. The minimum atomic E-state index is -0.980. The number of nitrogens with zero attached hydrogens (tertiary/aromatic N) is 2. The van der Waals surface area contributed by atoms with Crippen LogP contribution in [0.2, 0.25) is 0 Å². The predicted molar refractivity (Wildman–Crippen MR) is 89.6 cm³/mol. The van der Waals surface area contributed by atoms with Gasteiger partial charge in [-0.1, -0.05) is 0 Å². The van der Waals surface area contributed by atoms with Crippen molar-refractivity contribution in [1.82, 2.24) is 15.3 Å². The Kier molecular flexibility index (Phi) is 8.03. The summed E-state index contributed by atoms with van der Waals surface area (Å²) in [4.78, 5) is 20.3. The molecule has 0 spiro atoms. The van der Waals surface area contributed by atoms with Crippen LogP contribution in [-0.2, 0) is 9.53 Å². The van der Waals surface area contributed by atoms with E-state index in [0.29, 0.717) is 31.0 Å². The lowest BCUT2D eigenvalue weighted by Crippen LogP contribution is -2.52. The molecule has 1 aromatic heterocycles. The molecule has 1 aromatic rings. The third-order valence-electron chi connectivity index (χ3n) is 3.74. The smallest absolute Gasteiger partial charge is 0.251 e. The molecule has 0 aliphatic carbocycles. The maximum Gasteiger partial charge on any atom is 0.251 e. The van der Waals surface area contributed by atoms with Gasteiger partial charge >= 0.3 is 0 Å². The van der Waals surface area contributed by atoms with E-state index in [9.17, 15) is 9.90 Å². The number of ether oxygens (including phenoxy) is 2. The molecule has 0 aromatic carbocycles. The van der Waals surface area contributed by atoms with Crippen molar-refractivity contribution in [2.45, 2.75) is 51.4 Å². The Balaban J connectivity index is 2.64. The van der Waals surface area contributed by atoms with Gasteiger partial charge in [0.25, 0.3) is 5.91 Å². The summed E-state index contributed by atoms with van der Waals surface area (Å²) in [6, 6.07) is -0.484. The van der Waals surface area contributed by atoms with Crippen LogP contribution in [0.15, 0.2) is 12.4 Å². The number of aryl methyl sites for hydroxylation is 1.